The molecule has 0 unspecified atom stereocenters. The highest BCUT2D eigenvalue weighted by Crippen LogP contribution is 2.27. The van der Waals surface area contributed by atoms with Gasteiger partial charge in [0.15, 0.2) is 11.1 Å². The van der Waals surface area contributed by atoms with Gasteiger partial charge in [-0.3, -0.25) is 4.79 Å². The number of hydrogen-bond donors (Lipinski definition) is 3. The molecule has 0 radical (unpaired) electrons. The summed E-state index contributed by atoms with van der Waals surface area (Å²) in [7, 11) is 0. The monoisotopic (exact) mass is 521 g/mol. The van der Waals surface area contributed by atoms with Crippen molar-refractivity contribution in [3.63, 3.8) is 0 Å². The molecule has 0 aliphatic rings. The van der Waals surface area contributed by atoms with E-state index in [-0.39, 0.29) is 16.6 Å². The molecule has 0 fully saturated rings. The van der Waals surface area contributed by atoms with Gasteiger partial charge in [0, 0.05) is 36.2 Å². The van der Waals surface area contributed by atoms with Crippen molar-refractivity contribution in [1.82, 2.24) is 19.4 Å². The number of likely N-dealkylation sites (N-methyl/N-ethyl adjacent to an activating group) is 1. The molecule has 11 heteroatoms. The van der Waals surface area contributed by atoms with Crippen LogP contribution in [0.3, 0.4) is 0 Å². The lowest BCUT2D eigenvalue weighted by Crippen LogP contribution is -2.27. The van der Waals surface area contributed by atoms with Gasteiger partial charge in [-0.1, -0.05) is 25.4 Å². The highest BCUT2D eigenvalue weighted by atomic mass is 35.5. The van der Waals surface area contributed by atoms with Gasteiger partial charge in [-0.2, -0.15) is 0 Å². The molecule has 10 nitrogen and oxygen atoms in total. The quantitative estimate of drug-likeness (QED) is 0.298. The maximum absolute atomic E-state index is 12.6. The number of nitrogens with one attached hydrogen (secondary N) is 2. The molecule has 0 saturated carbocycles. The molecule has 0 aliphatic heterocycles. The number of benzene rings is 2. The number of carbonyl (C=O) groups is 1. The number of amides is 2. The molecule has 4 N–H and O–H groups in total. The first-order chi connectivity index (χ1) is 17.9. The molecule has 0 spiro atoms. The number of hydrogen-bond acceptors (Lipinski definition) is 7. The summed E-state index contributed by atoms with van der Waals surface area (Å²) in [6, 6.07) is 13.1. The smallest absolute Gasteiger partial charge is 0.323 e. The summed E-state index contributed by atoms with van der Waals surface area (Å²) in [5.41, 5.74) is 7.74. The van der Waals surface area contributed by atoms with Gasteiger partial charge in [-0.05, 0) is 49.5 Å². The second kappa shape index (κ2) is 11.7. The van der Waals surface area contributed by atoms with Crippen molar-refractivity contribution in [2.24, 2.45) is 0 Å². The van der Waals surface area contributed by atoms with Gasteiger partial charge in [-0.25, -0.2) is 14.8 Å². The minimum Gasteiger partial charge on any atom is -0.492 e. The van der Waals surface area contributed by atoms with Crippen LogP contribution in [0.15, 0.2) is 65.8 Å². The van der Waals surface area contributed by atoms with E-state index in [0.717, 1.165) is 25.3 Å². The van der Waals surface area contributed by atoms with E-state index in [2.05, 4.69) is 39.3 Å². The van der Waals surface area contributed by atoms with Crippen LogP contribution in [-0.4, -0.2) is 51.7 Å². The van der Waals surface area contributed by atoms with E-state index in [0.29, 0.717) is 34.4 Å². The molecular formula is C26H28ClN7O3. The number of ether oxygens (including phenoxy) is 1. The average Bonchev–Trinajstić information content (AvgIpc) is 2.89. The Balaban J connectivity index is 1.42. The zero-order valence-electron chi connectivity index (χ0n) is 20.6. The van der Waals surface area contributed by atoms with E-state index in [1.54, 1.807) is 53.2 Å². The molecule has 2 amide bonds. The Hall–Kier alpha value is -4.15. The number of aromatic nitrogens is 3. The zero-order chi connectivity index (χ0) is 26.4. The van der Waals surface area contributed by atoms with Crippen molar-refractivity contribution in [1.29, 1.82) is 0 Å². The normalized spacial score (nSPS) is 11.0. The molecule has 2 aromatic carbocycles. The van der Waals surface area contributed by atoms with Crippen molar-refractivity contribution in [3.05, 3.63) is 76.3 Å². The molecule has 37 heavy (non-hydrogen) atoms. The van der Waals surface area contributed by atoms with E-state index in [1.807, 2.05) is 0 Å². The van der Waals surface area contributed by atoms with E-state index in [4.69, 9.17) is 22.1 Å². The Kier molecular flexibility index (Phi) is 8.22. The Morgan fingerprint density at radius 2 is 1.84 bits per heavy atom. The first kappa shape index (κ1) is 25.9. The van der Waals surface area contributed by atoms with Gasteiger partial charge in [0.25, 0.3) is 0 Å². The van der Waals surface area contributed by atoms with Crippen LogP contribution in [0, 0.1) is 0 Å². The Labute approximate surface area is 219 Å². The van der Waals surface area contributed by atoms with Gasteiger partial charge < -0.3 is 30.6 Å². The molecule has 4 aromatic rings. The Morgan fingerprint density at radius 3 is 2.57 bits per heavy atom. The van der Waals surface area contributed by atoms with Crippen LogP contribution in [0.1, 0.15) is 13.8 Å². The van der Waals surface area contributed by atoms with Gasteiger partial charge in [0.05, 0.1) is 10.7 Å². The highest BCUT2D eigenvalue weighted by molar-refractivity contribution is 6.33. The number of halogens is 1. The van der Waals surface area contributed by atoms with Gasteiger partial charge in [0.1, 0.15) is 29.9 Å². The van der Waals surface area contributed by atoms with Crippen molar-refractivity contribution in [2.45, 2.75) is 13.8 Å². The molecule has 0 atom stereocenters. The fourth-order valence-corrected chi connectivity index (χ4v) is 3.99. The minimum absolute atomic E-state index is 0.122. The zero-order valence-corrected chi connectivity index (χ0v) is 21.3. The lowest BCUT2D eigenvalue weighted by atomic mass is 10.2. The number of nitrogen functional groups attached to an aromatic ring is 1. The fourth-order valence-electron chi connectivity index (χ4n) is 3.83. The lowest BCUT2D eigenvalue weighted by Gasteiger charge is -2.18. The van der Waals surface area contributed by atoms with Crippen LogP contribution < -0.4 is 26.5 Å². The summed E-state index contributed by atoms with van der Waals surface area (Å²) in [4.78, 5) is 35.2. The van der Waals surface area contributed by atoms with Gasteiger partial charge >= 0.3 is 6.03 Å². The van der Waals surface area contributed by atoms with Crippen LogP contribution in [0.4, 0.5) is 22.0 Å². The van der Waals surface area contributed by atoms with Crippen LogP contribution in [0.5, 0.6) is 5.75 Å². The predicted molar refractivity (Wildman–Crippen MR) is 147 cm³/mol. The van der Waals surface area contributed by atoms with Crippen LogP contribution >= 0.6 is 11.6 Å². The molecule has 0 saturated heterocycles. The first-order valence-electron chi connectivity index (χ1n) is 11.8. The molecule has 2 heterocycles. The second-order valence-electron chi connectivity index (χ2n) is 8.15. The number of pyridine rings is 1. The summed E-state index contributed by atoms with van der Waals surface area (Å²) in [5, 5.41) is 6.19. The second-order valence-corrected chi connectivity index (χ2v) is 8.56. The summed E-state index contributed by atoms with van der Waals surface area (Å²) in [6.45, 7) is 7.47. The summed E-state index contributed by atoms with van der Waals surface area (Å²) in [5.74, 6) is 0.741. The number of carbonyl (C=O) groups excluding carboxylic acids is 1. The third-order valence-corrected chi connectivity index (χ3v) is 6.20. The number of nitrogens with zero attached hydrogens (tertiary/aromatic N) is 4. The summed E-state index contributed by atoms with van der Waals surface area (Å²) >= 11 is 6.28. The third kappa shape index (κ3) is 6.16. The predicted octanol–water partition coefficient (Wildman–Crippen LogP) is 4.38. The standard InChI is InChI=1S/C26H28ClN7O3/c1-3-33(4-2)13-14-37-19-9-10-20(27)21(15-19)32-26(36)31-17-5-7-18(8-6-17)34-12-11-22(35)23-24(28)29-16-30-25(23)34/h5-12,15-16H,3-4,13-14H2,1-2H3,(H2,28,29,30)(H2,31,32,36). The molecule has 4 rings (SSSR count). The van der Waals surface area contributed by atoms with Crippen LogP contribution in [-0.2, 0) is 0 Å². The molecule has 2 aromatic heterocycles. The average molecular weight is 522 g/mol. The van der Waals surface area contributed by atoms with Crippen LogP contribution in [0.2, 0.25) is 5.02 Å². The maximum Gasteiger partial charge on any atom is 0.323 e. The Morgan fingerprint density at radius 1 is 1.08 bits per heavy atom. The number of fused-ring (bicyclic) bond motifs is 1. The lowest BCUT2D eigenvalue weighted by molar-refractivity contribution is 0.223. The largest absolute Gasteiger partial charge is 0.492 e. The number of anilines is 3. The van der Waals surface area contributed by atoms with Crippen molar-refractivity contribution >= 4 is 45.9 Å². The third-order valence-electron chi connectivity index (χ3n) is 5.87. The fraction of sp³-hybridized carbons (Fsp3) is 0.231. The molecule has 192 valence electrons. The number of urea groups is 1. The number of rotatable bonds is 9. The van der Waals surface area contributed by atoms with E-state index in [9.17, 15) is 9.59 Å². The molecular weight excluding hydrogens is 494 g/mol. The summed E-state index contributed by atoms with van der Waals surface area (Å²) in [6.07, 6.45) is 2.93. The van der Waals surface area contributed by atoms with Gasteiger partial charge in [0.2, 0.25) is 0 Å². The van der Waals surface area contributed by atoms with Crippen molar-refractivity contribution in [2.75, 3.05) is 42.6 Å². The van der Waals surface area contributed by atoms with E-state index >= 15 is 0 Å². The Bertz CT molecular complexity index is 1450. The summed E-state index contributed by atoms with van der Waals surface area (Å²) < 4.78 is 7.55. The first-order valence-corrected chi connectivity index (χ1v) is 12.2. The van der Waals surface area contributed by atoms with Crippen LogP contribution in [0.25, 0.3) is 16.7 Å². The molecule has 0 bridgehead atoms. The SMILES string of the molecule is CCN(CC)CCOc1ccc(Cl)c(NC(=O)Nc2ccc(-n3ccc(=O)c4c(N)ncnc43)cc2)c1. The highest BCUT2D eigenvalue weighted by Gasteiger charge is 2.11. The van der Waals surface area contributed by atoms with E-state index < -0.39 is 6.03 Å². The maximum atomic E-state index is 12.6. The molecule has 0 aliphatic carbocycles. The van der Waals surface area contributed by atoms with Crippen molar-refractivity contribution in [3.8, 4) is 11.4 Å². The van der Waals surface area contributed by atoms with Gasteiger partial charge in [-0.15, -0.1) is 0 Å². The minimum atomic E-state index is -0.454. The topological polar surface area (TPSA) is 127 Å². The number of nitrogens with two attached hydrogens (primary N) is 1. The van der Waals surface area contributed by atoms with Crippen molar-refractivity contribution < 1.29 is 9.53 Å². The van der Waals surface area contributed by atoms with E-state index in [1.165, 1.54) is 12.4 Å².